The van der Waals surface area contributed by atoms with Gasteiger partial charge in [-0.05, 0) is 56.7 Å². The second-order valence-electron chi connectivity index (χ2n) is 8.90. The first kappa shape index (κ1) is 24.9. The number of carbonyl (C=O) groups excluding carboxylic acids is 2. The van der Waals surface area contributed by atoms with E-state index in [9.17, 15) is 18.4 Å². The number of oxazole rings is 1. The zero-order chi connectivity index (χ0) is 25.1. The van der Waals surface area contributed by atoms with E-state index in [4.69, 9.17) is 19.6 Å². The van der Waals surface area contributed by atoms with Crippen molar-refractivity contribution in [3.63, 3.8) is 0 Å². The highest BCUT2D eigenvalue weighted by molar-refractivity contribution is 5.94. The Labute approximate surface area is 201 Å². The average molecular weight is 494 g/mol. The first-order valence-corrected chi connectivity index (χ1v) is 11.6. The van der Waals surface area contributed by atoms with Gasteiger partial charge in [-0.25, -0.2) is 4.98 Å². The molecule has 9 nitrogen and oxygen atoms in total. The molecule has 2 aromatic rings. The molecule has 0 bridgehead atoms. The Morgan fingerprint density at radius 3 is 2.51 bits per heavy atom. The number of esters is 1. The summed E-state index contributed by atoms with van der Waals surface area (Å²) >= 11 is 0. The summed E-state index contributed by atoms with van der Waals surface area (Å²) in [7, 11) is 1.35. The monoisotopic (exact) mass is 493 g/mol. The van der Waals surface area contributed by atoms with E-state index in [1.165, 1.54) is 25.3 Å². The number of nitrogens with zero attached hydrogens (tertiary/aromatic N) is 2. The molecule has 35 heavy (non-hydrogen) atoms. The highest BCUT2D eigenvalue weighted by Crippen LogP contribution is 2.37. The maximum absolute atomic E-state index is 13.2. The predicted molar refractivity (Wildman–Crippen MR) is 120 cm³/mol. The Balaban J connectivity index is 1.57. The van der Waals surface area contributed by atoms with Crippen molar-refractivity contribution in [2.24, 2.45) is 17.6 Å². The SMILES string of the molecule is COC(=O)C1CCN(C(=O)c2nc(-c3ccc(OC(F)F)c(OCC4CC4)c3)oc2[C@H](C)N)CC1. The summed E-state index contributed by atoms with van der Waals surface area (Å²) in [5.41, 5.74) is 6.57. The summed E-state index contributed by atoms with van der Waals surface area (Å²) in [6, 6.07) is 3.76. The summed E-state index contributed by atoms with van der Waals surface area (Å²) in [5, 5.41) is 0. The molecule has 11 heteroatoms. The Kier molecular flexibility index (Phi) is 7.54. The number of benzene rings is 1. The minimum Gasteiger partial charge on any atom is -0.489 e. The summed E-state index contributed by atoms with van der Waals surface area (Å²) < 4.78 is 46.7. The number of aromatic nitrogens is 1. The van der Waals surface area contributed by atoms with Gasteiger partial charge in [0.25, 0.3) is 5.91 Å². The lowest BCUT2D eigenvalue weighted by atomic mass is 9.96. The molecule has 1 saturated heterocycles. The maximum Gasteiger partial charge on any atom is 0.387 e. The number of ether oxygens (including phenoxy) is 3. The van der Waals surface area contributed by atoms with Gasteiger partial charge < -0.3 is 29.3 Å². The number of hydrogen-bond acceptors (Lipinski definition) is 8. The quantitative estimate of drug-likeness (QED) is 0.525. The number of amides is 1. The lowest BCUT2D eigenvalue weighted by Crippen LogP contribution is -2.41. The van der Waals surface area contributed by atoms with Gasteiger partial charge in [-0.1, -0.05) is 0 Å². The Morgan fingerprint density at radius 1 is 1.20 bits per heavy atom. The van der Waals surface area contributed by atoms with E-state index in [0.29, 0.717) is 44.0 Å². The van der Waals surface area contributed by atoms with Crippen LogP contribution in [0.5, 0.6) is 11.5 Å². The summed E-state index contributed by atoms with van der Waals surface area (Å²) in [4.78, 5) is 31.1. The minimum absolute atomic E-state index is 0.0832. The highest BCUT2D eigenvalue weighted by Gasteiger charge is 2.32. The van der Waals surface area contributed by atoms with Crippen molar-refractivity contribution in [1.82, 2.24) is 9.88 Å². The number of carbonyl (C=O) groups is 2. The molecule has 1 amide bonds. The fraction of sp³-hybridized carbons (Fsp3) is 0.542. The molecule has 0 spiro atoms. The zero-order valence-corrected chi connectivity index (χ0v) is 19.7. The molecule has 2 N–H and O–H groups in total. The van der Waals surface area contributed by atoms with Crippen LogP contribution >= 0.6 is 0 Å². The van der Waals surface area contributed by atoms with Crippen LogP contribution < -0.4 is 15.2 Å². The number of halogens is 2. The highest BCUT2D eigenvalue weighted by atomic mass is 19.3. The molecule has 1 aromatic heterocycles. The van der Waals surface area contributed by atoms with Crippen molar-refractivity contribution in [3.8, 4) is 23.0 Å². The topological polar surface area (TPSA) is 117 Å². The van der Waals surface area contributed by atoms with Crippen molar-refractivity contribution < 1.29 is 37.0 Å². The molecular weight excluding hydrogens is 464 g/mol. The summed E-state index contributed by atoms with van der Waals surface area (Å²) in [6.07, 6.45) is 3.04. The van der Waals surface area contributed by atoms with E-state index in [1.54, 1.807) is 11.8 Å². The second kappa shape index (κ2) is 10.6. The molecule has 0 radical (unpaired) electrons. The standard InChI is InChI=1S/C24H29F2N3O6/c1-13(27)20-19(22(30)29-9-7-15(8-10-29)23(31)32-2)28-21(35-20)16-5-6-17(34-24(25)26)18(11-16)33-12-14-3-4-14/h5-6,11,13-15,24H,3-4,7-10,12,27H2,1-2H3/t13-/m0/s1. The molecule has 1 aliphatic carbocycles. The van der Waals surface area contributed by atoms with Crippen molar-refractivity contribution in [3.05, 3.63) is 29.7 Å². The number of hydrogen-bond donors (Lipinski definition) is 1. The Hall–Kier alpha value is -3.21. The number of rotatable bonds is 9. The van der Waals surface area contributed by atoms with Crippen LogP contribution in [0.3, 0.4) is 0 Å². The Bertz CT molecular complexity index is 1060. The van der Waals surface area contributed by atoms with Gasteiger partial charge in [-0.3, -0.25) is 9.59 Å². The van der Waals surface area contributed by atoms with Crippen molar-refractivity contribution in [2.75, 3.05) is 26.8 Å². The molecule has 2 fully saturated rings. The fourth-order valence-corrected chi connectivity index (χ4v) is 3.99. The maximum atomic E-state index is 13.2. The smallest absolute Gasteiger partial charge is 0.387 e. The van der Waals surface area contributed by atoms with Gasteiger partial charge in [0.15, 0.2) is 23.0 Å². The largest absolute Gasteiger partial charge is 0.489 e. The summed E-state index contributed by atoms with van der Waals surface area (Å²) in [6.45, 7) is -0.182. The number of methoxy groups -OCH3 is 1. The van der Waals surface area contributed by atoms with Gasteiger partial charge in [-0.15, -0.1) is 0 Å². The molecule has 0 unspecified atom stereocenters. The van der Waals surface area contributed by atoms with Gasteiger partial charge >= 0.3 is 12.6 Å². The molecule has 4 rings (SSSR count). The average Bonchev–Trinajstić information content (AvgIpc) is 3.57. The van der Waals surface area contributed by atoms with Gasteiger partial charge in [0.2, 0.25) is 5.89 Å². The van der Waals surface area contributed by atoms with E-state index in [0.717, 1.165) is 12.8 Å². The molecule has 190 valence electrons. The van der Waals surface area contributed by atoms with E-state index in [2.05, 4.69) is 9.72 Å². The van der Waals surface area contributed by atoms with Gasteiger partial charge in [-0.2, -0.15) is 8.78 Å². The third-order valence-electron chi connectivity index (χ3n) is 6.16. The molecular formula is C24H29F2N3O6. The van der Waals surface area contributed by atoms with Crippen LogP contribution in [0.1, 0.15) is 54.9 Å². The second-order valence-corrected chi connectivity index (χ2v) is 8.90. The van der Waals surface area contributed by atoms with E-state index >= 15 is 0 Å². The molecule has 1 aromatic carbocycles. The van der Waals surface area contributed by atoms with Crippen LogP contribution in [0.25, 0.3) is 11.5 Å². The lowest BCUT2D eigenvalue weighted by molar-refractivity contribution is -0.146. The van der Waals surface area contributed by atoms with Gasteiger partial charge in [0.05, 0.1) is 25.7 Å². The normalized spacial score (nSPS) is 17.4. The third-order valence-corrected chi connectivity index (χ3v) is 6.16. The number of piperidine rings is 1. The zero-order valence-electron chi connectivity index (χ0n) is 19.7. The van der Waals surface area contributed by atoms with E-state index in [-0.39, 0.29) is 46.6 Å². The molecule has 2 heterocycles. The van der Waals surface area contributed by atoms with Crippen LogP contribution in [0.4, 0.5) is 8.78 Å². The van der Waals surface area contributed by atoms with E-state index < -0.39 is 12.7 Å². The van der Waals surface area contributed by atoms with Crippen LogP contribution in [-0.4, -0.2) is 55.2 Å². The lowest BCUT2D eigenvalue weighted by Gasteiger charge is -2.30. The summed E-state index contributed by atoms with van der Waals surface area (Å²) in [5.74, 6) is -0.0843. The molecule has 2 aliphatic rings. The van der Waals surface area contributed by atoms with Crippen molar-refractivity contribution in [2.45, 2.75) is 45.3 Å². The third kappa shape index (κ3) is 5.90. The Morgan fingerprint density at radius 2 is 1.91 bits per heavy atom. The fourth-order valence-electron chi connectivity index (χ4n) is 3.99. The van der Waals surface area contributed by atoms with E-state index in [1.807, 2.05) is 0 Å². The predicted octanol–water partition coefficient (Wildman–Crippen LogP) is 3.78. The number of likely N-dealkylation sites (tertiary alicyclic amines) is 1. The molecule has 1 atom stereocenters. The molecule has 1 saturated carbocycles. The van der Waals surface area contributed by atoms with Crippen LogP contribution in [0.2, 0.25) is 0 Å². The minimum atomic E-state index is -3.00. The first-order chi connectivity index (χ1) is 16.8. The number of alkyl halides is 2. The van der Waals surface area contributed by atoms with Gasteiger partial charge in [0.1, 0.15) is 0 Å². The van der Waals surface area contributed by atoms with Crippen LogP contribution in [0, 0.1) is 11.8 Å². The van der Waals surface area contributed by atoms with Gasteiger partial charge in [0, 0.05) is 18.7 Å². The van der Waals surface area contributed by atoms with Crippen LogP contribution in [-0.2, 0) is 9.53 Å². The number of nitrogens with two attached hydrogens (primary N) is 1. The molecule has 1 aliphatic heterocycles. The van der Waals surface area contributed by atoms with Crippen molar-refractivity contribution in [1.29, 1.82) is 0 Å². The van der Waals surface area contributed by atoms with Crippen LogP contribution in [0.15, 0.2) is 22.6 Å². The van der Waals surface area contributed by atoms with Crippen molar-refractivity contribution >= 4 is 11.9 Å². The first-order valence-electron chi connectivity index (χ1n) is 11.6.